The van der Waals surface area contributed by atoms with E-state index in [-0.39, 0.29) is 11.8 Å². The lowest BCUT2D eigenvalue weighted by Crippen LogP contribution is -2.43. The van der Waals surface area contributed by atoms with E-state index in [1.807, 2.05) is 6.92 Å². The number of methoxy groups -OCH3 is 1. The Morgan fingerprint density at radius 2 is 2.12 bits per heavy atom. The normalized spacial score (nSPS) is 18.5. The Labute approximate surface area is 102 Å². The summed E-state index contributed by atoms with van der Waals surface area (Å²) >= 11 is 0. The summed E-state index contributed by atoms with van der Waals surface area (Å²) in [6, 6.07) is -0.793. The second-order valence-electron chi connectivity index (χ2n) is 4.66. The second kappa shape index (κ2) is 6.59. The van der Waals surface area contributed by atoms with E-state index in [0.717, 1.165) is 12.8 Å². The lowest BCUT2D eigenvalue weighted by atomic mass is 10.0. The van der Waals surface area contributed by atoms with Crippen molar-refractivity contribution in [2.24, 2.45) is 11.8 Å². The zero-order chi connectivity index (χ0) is 12.8. The fourth-order valence-electron chi connectivity index (χ4n) is 1.80. The topological polar surface area (TPSA) is 75.6 Å². The Hall–Kier alpha value is -1.10. The van der Waals surface area contributed by atoms with Crippen molar-refractivity contribution in [3.8, 4) is 0 Å². The van der Waals surface area contributed by atoms with Crippen LogP contribution in [0.3, 0.4) is 0 Å². The summed E-state index contributed by atoms with van der Waals surface area (Å²) in [4.78, 5) is 22.7. The quantitative estimate of drug-likeness (QED) is 0.624. The first-order valence-electron chi connectivity index (χ1n) is 6.08. The van der Waals surface area contributed by atoms with Crippen LogP contribution in [0.25, 0.3) is 0 Å². The zero-order valence-electron chi connectivity index (χ0n) is 10.4. The van der Waals surface area contributed by atoms with Gasteiger partial charge in [-0.05, 0) is 31.6 Å². The highest BCUT2D eigenvalue weighted by Gasteiger charge is 2.34. The van der Waals surface area contributed by atoms with Gasteiger partial charge in [0.25, 0.3) is 0 Å². The van der Waals surface area contributed by atoms with Crippen molar-refractivity contribution in [1.29, 1.82) is 0 Å². The number of rotatable bonds is 8. The Bertz CT molecular complexity index is 276. The van der Waals surface area contributed by atoms with E-state index < -0.39 is 12.0 Å². The average Bonchev–Trinajstić information content (AvgIpc) is 3.10. The molecule has 5 nitrogen and oxygen atoms in total. The van der Waals surface area contributed by atoms with Gasteiger partial charge in [-0.2, -0.15) is 0 Å². The molecule has 2 N–H and O–H groups in total. The highest BCUT2D eigenvalue weighted by atomic mass is 16.5. The Morgan fingerprint density at radius 1 is 1.47 bits per heavy atom. The maximum absolute atomic E-state index is 11.8. The molecule has 1 rings (SSSR count). The molecular formula is C12H21NO4. The van der Waals surface area contributed by atoms with Crippen LogP contribution in [-0.2, 0) is 14.3 Å². The fourth-order valence-corrected chi connectivity index (χ4v) is 1.80. The van der Waals surface area contributed by atoms with Crippen molar-refractivity contribution in [1.82, 2.24) is 5.32 Å². The number of carbonyl (C=O) groups excluding carboxylic acids is 1. The predicted molar refractivity (Wildman–Crippen MR) is 62.6 cm³/mol. The molecule has 17 heavy (non-hydrogen) atoms. The molecule has 1 aliphatic carbocycles. The van der Waals surface area contributed by atoms with Crippen molar-refractivity contribution in [2.75, 3.05) is 13.7 Å². The van der Waals surface area contributed by atoms with Gasteiger partial charge in [-0.1, -0.05) is 6.92 Å². The first kappa shape index (κ1) is 14.0. The first-order valence-corrected chi connectivity index (χ1v) is 6.08. The number of aliphatic carboxylic acids is 1. The van der Waals surface area contributed by atoms with E-state index in [2.05, 4.69) is 5.32 Å². The molecule has 0 radical (unpaired) electrons. The first-order chi connectivity index (χ1) is 8.06. The van der Waals surface area contributed by atoms with Crippen LogP contribution in [0.5, 0.6) is 0 Å². The van der Waals surface area contributed by atoms with Gasteiger partial charge in [-0.15, -0.1) is 0 Å². The van der Waals surface area contributed by atoms with Crippen LogP contribution in [-0.4, -0.2) is 36.7 Å². The predicted octanol–water partition coefficient (Wildman–Crippen LogP) is 1.03. The number of carboxylic acid groups (broad SMARTS) is 1. The van der Waals surface area contributed by atoms with Gasteiger partial charge in [0.1, 0.15) is 6.04 Å². The lowest BCUT2D eigenvalue weighted by molar-refractivity contribution is -0.142. The van der Waals surface area contributed by atoms with E-state index in [0.29, 0.717) is 25.4 Å². The maximum Gasteiger partial charge on any atom is 0.326 e. The minimum Gasteiger partial charge on any atom is -0.480 e. The molecule has 0 aromatic carbocycles. The van der Waals surface area contributed by atoms with Gasteiger partial charge in [0, 0.05) is 19.6 Å². The summed E-state index contributed by atoms with van der Waals surface area (Å²) in [5.74, 6) is -0.738. The summed E-state index contributed by atoms with van der Waals surface area (Å²) < 4.78 is 4.87. The number of hydrogen-bond donors (Lipinski definition) is 2. The molecule has 0 heterocycles. The third kappa shape index (κ3) is 4.73. The van der Waals surface area contributed by atoms with Crippen molar-refractivity contribution in [3.05, 3.63) is 0 Å². The number of carbonyl (C=O) groups is 2. The molecule has 1 saturated carbocycles. The number of amides is 1. The molecule has 0 spiro atoms. The van der Waals surface area contributed by atoms with Crippen molar-refractivity contribution < 1.29 is 19.4 Å². The Morgan fingerprint density at radius 3 is 2.59 bits per heavy atom. The Kier molecular flexibility index (Phi) is 5.41. The molecule has 0 aromatic rings. The van der Waals surface area contributed by atoms with Crippen LogP contribution >= 0.6 is 0 Å². The van der Waals surface area contributed by atoms with Crippen molar-refractivity contribution in [3.63, 3.8) is 0 Å². The summed E-state index contributed by atoms with van der Waals surface area (Å²) in [7, 11) is 1.57. The minimum absolute atomic E-state index is 0.0701. The third-order valence-corrected chi connectivity index (χ3v) is 3.20. The molecule has 1 fully saturated rings. The van der Waals surface area contributed by atoms with Crippen LogP contribution in [0, 0.1) is 11.8 Å². The summed E-state index contributed by atoms with van der Waals surface area (Å²) in [5.41, 5.74) is 0. The van der Waals surface area contributed by atoms with Crippen LogP contribution in [0.15, 0.2) is 0 Å². The summed E-state index contributed by atoms with van der Waals surface area (Å²) in [6.45, 7) is 2.37. The highest BCUT2D eigenvalue weighted by molar-refractivity contribution is 5.85. The molecule has 0 aromatic heterocycles. The third-order valence-electron chi connectivity index (χ3n) is 3.20. The smallest absolute Gasteiger partial charge is 0.326 e. The molecule has 98 valence electrons. The zero-order valence-corrected chi connectivity index (χ0v) is 10.4. The maximum atomic E-state index is 11.8. The van der Waals surface area contributed by atoms with E-state index in [1.54, 1.807) is 7.11 Å². The van der Waals surface area contributed by atoms with Gasteiger partial charge < -0.3 is 15.2 Å². The molecule has 0 aliphatic heterocycles. The van der Waals surface area contributed by atoms with Gasteiger partial charge in [0.15, 0.2) is 0 Å². The minimum atomic E-state index is -0.975. The van der Waals surface area contributed by atoms with E-state index in [1.165, 1.54) is 0 Å². The van der Waals surface area contributed by atoms with Crippen LogP contribution in [0.2, 0.25) is 0 Å². The van der Waals surface area contributed by atoms with E-state index in [4.69, 9.17) is 9.84 Å². The molecule has 0 saturated heterocycles. The van der Waals surface area contributed by atoms with E-state index >= 15 is 0 Å². The number of carboxylic acids is 1. The van der Waals surface area contributed by atoms with Crippen LogP contribution in [0.1, 0.15) is 32.6 Å². The van der Waals surface area contributed by atoms with Crippen LogP contribution in [0.4, 0.5) is 0 Å². The highest BCUT2D eigenvalue weighted by Crippen LogP contribution is 2.36. The number of nitrogens with one attached hydrogen (secondary N) is 1. The van der Waals surface area contributed by atoms with E-state index in [9.17, 15) is 9.59 Å². The SMILES string of the molecule is COCCCC(NC(=O)C(C)C1CC1)C(=O)O. The second-order valence-corrected chi connectivity index (χ2v) is 4.66. The number of ether oxygens (including phenoxy) is 1. The fraction of sp³-hybridized carbons (Fsp3) is 0.833. The summed E-state index contributed by atoms with van der Waals surface area (Å²) in [6.07, 6.45) is 3.20. The Balaban J connectivity index is 2.36. The van der Waals surface area contributed by atoms with Gasteiger partial charge in [0.05, 0.1) is 0 Å². The molecular weight excluding hydrogens is 222 g/mol. The average molecular weight is 243 g/mol. The molecule has 5 heteroatoms. The monoisotopic (exact) mass is 243 g/mol. The van der Waals surface area contributed by atoms with Crippen molar-refractivity contribution in [2.45, 2.75) is 38.6 Å². The molecule has 2 atom stereocenters. The standard InChI is InChI=1S/C12H21NO4/c1-8(9-5-6-9)11(14)13-10(12(15)16)4-3-7-17-2/h8-10H,3-7H2,1-2H3,(H,13,14)(H,15,16). The van der Waals surface area contributed by atoms with Crippen molar-refractivity contribution >= 4 is 11.9 Å². The molecule has 1 aliphatic rings. The van der Waals surface area contributed by atoms with Gasteiger partial charge in [0.2, 0.25) is 5.91 Å². The van der Waals surface area contributed by atoms with Gasteiger partial charge >= 0.3 is 5.97 Å². The molecule has 0 bridgehead atoms. The lowest BCUT2D eigenvalue weighted by Gasteiger charge is -2.17. The summed E-state index contributed by atoms with van der Waals surface area (Å²) in [5, 5.41) is 11.6. The number of hydrogen-bond acceptors (Lipinski definition) is 3. The largest absolute Gasteiger partial charge is 0.480 e. The molecule has 2 unspecified atom stereocenters. The van der Waals surface area contributed by atoms with Crippen LogP contribution < -0.4 is 5.32 Å². The molecule has 1 amide bonds. The van der Waals surface area contributed by atoms with Gasteiger partial charge in [-0.3, -0.25) is 4.79 Å². The van der Waals surface area contributed by atoms with Gasteiger partial charge in [-0.25, -0.2) is 4.79 Å².